The summed E-state index contributed by atoms with van der Waals surface area (Å²) in [6.45, 7) is 0.562. The average molecular weight is 303 g/mol. The van der Waals surface area contributed by atoms with E-state index in [4.69, 9.17) is 9.84 Å². The van der Waals surface area contributed by atoms with Crippen LogP contribution in [-0.2, 0) is 4.74 Å². The Labute approximate surface area is 124 Å². The van der Waals surface area contributed by atoms with Crippen molar-refractivity contribution >= 4 is 11.9 Å². The molecule has 1 fully saturated rings. The number of hydrogen-bond donors (Lipinski definition) is 2. The van der Waals surface area contributed by atoms with Crippen LogP contribution >= 0.6 is 0 Å². The SMILES string of the molecule is O=C(O)c1ccc(-n2nnc(C(=O)O)c2C2CCCO2)cc1. The first-order valence-corrected chi connectivity index (χ1v) is 6.72. The van der Waals surface area contributed by atoms with Crippen LogP contribution in [0.3, 0.4) is 0 Å². The van der Waals surface area contributed by atoms with Crippen LogP contribution in [0.1, 0.15) is 45.5 Å². The Morgan fingerprint density at radius 2 is 1.91 bits per heavy atom. The Bertz CT molecular complexity index is 717. The number of hydrogen-bond acceptors (Lipinski definition) is 5. The second-order valence-corrected chi connectivity index (χ2v) is 4.89. The molecule has 0 bridgehead atoms. The predicted molar refractivity (Wildman–Crippen MR) is 73.2 cm³/mol. The molecule has 0 amide bonds. The summed E-state index contributed by atoms with van der Waals surface area (Å²) < 4.78 is 6.95. The van der Waals surface area contributed by atoms with Gasteiger partial charge in [0, 0.05) is 6.61 Å². The van der Waals surface area contributed by atoms with E-state index in [1.54, 1.807) is 12.1 Å². The first-order valence-electron chi connectivity index (χ1n) is 6.72. The van der Waals surface area contributed by atoms with E-state index < -0.39 is 11.9 Å². The first-order chi connectivity index (χ1) is 10.6. The van der Waals surface area contributed by atoms with Crippen LogP contribution in [-0.4, -0.2) is 43.8 Å². The molecule has 1 aromatic carbocycles. The first kappa shape index (κ1) is 14.2. The molecule has 2 aromatic rings. The second kappa shape index (κ2) is 5.57. The minimum Gasteiger partial charge on any atom is -0.478 e. The van der Waals surface area contributed by atoms with Crippen molar-refractivity contribution in [2.75, 3.05) is 6.61 Å². The van der Waals surface area contributed by atoms with Crippen molar-refractivity contribution in [3.63, 3.8) is 0 Å². The summed E-state index contributed by atoms with van der Waals surface area (Å²) in [6.07, 6.45) is 1.16. The number of carbonyl (C=O) groups is 2. The third-order valence-corrected chi connectivity index (χ3v) is 3.50. The van der Waals surface area contributed by atoms with E-state index in [-0.39, 0.29) is 17.4 Å². The monoisotopic (exact) mass is 303 g/mol. The zero-order valence-corrected chi connectivity index (χ0v) is 11.5. The second-order valence-electron chi connectivity index (χ2n) is 4.89. The van der Waals surface area contributed by atoms with Gasteiger partial charge in [-0.15, -0.1) is 5.10 Å². The van der Waals surface area contributed by atoms with Crippen LogP contribution in [0.25, 0.3) is 5.69 Å². The van der Waals surface area contributed by atoms with Gasteiger partial charge >= 0.3 is 11.9 Å². The summed E-state index contributed by atoms with van der Waals surface area (Å²) in [6, 6.07) is 5.97. The molecule has 1 aliphatic rings. The van der Waals surface area contributed by atoms with Gasteiger partial charge in [0.2, 0.25) is 0 Å². The van der Waals surface area contributed by atoms with Crippen molar-refractivity contribution in [3.05, 3.63) is 41.2 Å². The van der Waals surface area contributed by atoms with Gasteiger partial charge in [-0.25, -0.2) is 14.3 Å². The van der Waals surface area contributed by atoms with Gasteiger partial charge in [0.1, 0.15) is 11.8 Å². The molecule has 1 aliphatic heterocycles. The van der Waals surface area contributed by atoms with Gasteiger partial charge < -0.3 is 14.9 Å². The summed E-state index contributed by atoms with van der Waals surface area (Å²) >= 11 is 0. The third-order valence-electron chi connectivity index (χ3n) is 3.50. The lowest BCUT2D eigenvalue weighted by molar-refractivity contribution is 0.0669. The normalized spacial score (nSPS) is 17.5. The molecule has 2 heterocycles. The van der Waals surface area contributed by atoms with Crippen LogP contribution < -0.4 is 0 Å². The predicted octanol–water partition coefficient (Wildman–Crippen LogP) is 1.52. The van der Waals surface area contributed by atoms with Crippen LogP contribution in [0.4, 0.5) is 0 Å². The number of benzene rings is 1. The molecular formula is C14H13N3O5. The molecule has 1 unspecified atom stereocenters. The number of aromatic carboxylic acids is 2. The third kappa shape index (κ3) is 2.44. The number of aromatic nitrogens is 3. The molecular weight excluding hydrogens is 290 g/mol. The molecule has 0 saturated carbocycles. The van der Waals surface area contributed by atoms with Crippen molar-refractivity contribution in [1.29, 1.82) is 0 Å². The number of carboxylic acid groups (broad SMARTS) is 2. The largest absolute Gasteiger partial charge is 0.478 e. The van der Waals surface area contributed by atoms with Crippen LogP contribution in [0.15, 0.2) is 24.3 Å². The average Bonchev–Trinajstić information content (AvgIpc) is 3.16. The molecule has 2 N–H and O–H groups in total. The van der Waals surface area contributed by atoms with Gasteiger partial charge in [0.05, 0.1) is 11.3 Å². The van der Waals surface area contributed by atoms with Crippen molar-refractivity contribution in [3.8, 4) is 5.69 Å². The summed E-state index contributed by atoms with van der Waals surface area (Å²) in [5, 5.41) is 25.8. The highest BCUT2D eigenvalue weighted by Gasteiger charge is 2.30. The molecule has 0 aliphatic carbocycles. The zero-order valence-electron chi connectivity index (χ0n) is 11.5. The summed E-state index contributed by atoms with van der Waals surface area (Å²) in [7, 11) is 0. The van der Waals surface area contributed by atoms with Crippen LogP contribution in [0.2, 0.25) is 0 Å². The topological polar surface area (TPSA) is 115 Å². The standard InChI is InChI=1S/C14H13N3O5/c18-13(19)8-3-5-9(6-4-8)17-12(10-2-1-7-22-10)11(14(20)21)15-16-17/h3-6,10H,1-2,7H2,(H,18,19)(H,20,21). The van der Waals surface area contributed by atoms with Gasteiger partial charge in [0.15, 0.2) is 5.69 Å². The van der Waals surface area contributed by atoms with Crippen LogP contribution in [0.5, 0.6) is 0 Å². The number of carboxylic acids is 2. The van der Waals surface area contributed by atoms with Gasteiger partial charge in [-0.2, -0.15) is 0 Å². The van der Waals surface area contributed by atoms with E-state index in [1.165, 1.54) is 16.8 Å². The lowest BCUT2D eigenvalue weighted by Gasteiger charge is -2.12. The highest BCUT2D eigenvalue weighted by atomic mass is 16.5. The molecule has 0 spiro atoms. The van der Waals surface area contributed by atoms with Gasteiger partial charge in [-0.1, -0.05) is 5.21 Å². The fraction of sp³-hybridized carbons (Fsp3) is 0.286. The highest BCUT2D eigenvalue weighted by Crippen LogP contribution is 2.31. The van der Waals surface area contributed by atoms with E-state index in [1.807, 2.05) is 0 Å². The zero-order chi connectivity index (χ0) is 15.7. The molecule has 8 nitrogen and oxygen atoms in total. The maximum absolute atomic E-state index is 11.3. The van der Waals surface area contributed by atoms with E-state index in [9.17, 15) is 14.7 Å². The van der Waals surface area contributed by atoms with E-state index in [0.717, 1.165) is 6.42 Å². The number of ether oxygens (including phenoxy) is 1. The number of rotatable bonds is 4. The maximum atomic E-state index is 11.3. The van der Waals surface area contributed by atoms with Crippen molar-refractivity contribution in [2.45, 2.75) is 18.9 Å². The molecule has 114 valence electrons. The Morgan fingerprint density at radius 1 is 1.18 bits per heavy atom. The van der Waals surface area contributed by atoms with Crippen molar-refractivity contribution in [2.24, 2.45) is 0 Å². The summed E-state index contributed by atoms with van der Waals surface area (Å²) in [5.41, 5.74) is 0.916. The van der Waals surface area contributed by atoms with Gasteiger partial charge in [0.25, 0.3) is 0 Å². The van der Waals surface area contributed by atoms with E-state index in [0.29, 0.717) is 24.4 Å². The minimum absolute atomic E-state index is 0.140. The Kier molecular flexibility index (Phi) is 3.60. The Balaban J connectivity index is 2.06. The summed E-state index contributed by atoms with van der Waals surface area (Å²) in [4.78, 5) is 22.2. The maximum Gasteiger partial charge on any atom is 0.358 e. The molecule has 1 atom stereocenters. The lowest BCUT2D eigenvalue weighted by atomic mass is 10.1. The molecule has 8 heteroatoms. The van der Waals surface area contributed by atoms with E-state index in [2.05, 4.69) is 10.3 Å². The molecule has 3 rings (SSSR count). The molecule has 1 saturated heterocycles. The summed E-state index contributed by atoms with van der Waals surface area (Å²) in [5.74, 6) is -2.20. The van der Waals surface area contributed by atoms with Crippen molar-refractivity contribution in [1.82, 2.24) is 15.0 Å². The molecule has 1 aromatic heterocycles. The van der Waals surface area contributed by atoms with Crippen molar-refractivity contribution < 1.29 is 24.5 Å². The van der Waals surface area contributed by atoms with E-state index >= 15 is 0 Å². The number of nitrogens with zero attached hydrogens (tertiary/aromatic N) is 3. The van der Waals surface area contributed by atoms with Gasteiger partial charge in [-0.05, 0) is 37.1 Å². The quantitative estimate of drug-likeness (QED) is 0.879. The molecule has 22 heavy (non-hydrogen) atoms. The lowest BCUT2D eigenvalue weighted by Crippen LogP contribution is -2.11. The fourth-order valence-electron chi connectivity index (χ4n) is 2.46. The Hall–Kier alpha value is -2.74. The van der Waals surface area contributed by atoms with Gasteiger partial charge in [-0.3, -0.25) is 0 Å². The smallest absolute Gasteiger partial charge is 0.358 e. The molecule has 0 radical (unpaired) electrons. The highest BCUT2D eigenvalue weighted by molar-refractivity contribution is 5.88. The fourth-order valence-corrected chi connectivity index (χ4v) is 2.46. The van der Waals surface area contributed by atoms with Crippen LogP contribution in [0, 0.1) is 0 Å². The minimum atomic E-state index is -1.17. The Morgan fingerprint density at radius 3 is 2.45 bits per heavy atom.